The van der Waals surface area contributed by atoms with Crippen molar-refractivity contribution in [3.05, 3.63) is 41.5 Å². The van der Waals surface area contributed by atoms with Gasteiger partial charge in [-0.15, -0.1) is 0 Å². The van der Waals surface area contributed by atoms with E-state index in [4.69, 9.17) is 10.5 Å². The highest BCUT2D eigenvalue weighted by atomic mass is 19.1. The van der Waals surface area contributed by atoms with Gasteiger partial charge in [0, 0.05) is 14.1 Å². The number of benzene rings is 1. The zero-order valence-electron chi connectivity index (χ0n) is 12.3. The third-order valence-corrected chi connectivity index (χ3v) is 2.71. The van der Waals surface area contributed by atoms with Crippen molar-refractivity contribution in [3.63, 3.8) is 0 Å². The van der Waals surface area contributed by atoms with E-state index in [2.05, 4.69) is 15.0 Å². The summed E-state index contributed by atoms with van der Waals surface area (Å²) in [5.74, 6) is -0.102. The lowest BCUT2D eigenvalue weighted by Gasteiger charge is -2.11. The number of rotatable bonds is 5. The predicted octanol–water partition coefficient (Wildman–Crippen LogP) is 0.945. The number of nitrogens with zero attached hydrogens (tertiary/aromatic N) is 4. The van der Waals surface area contributed by atoms with Gasteiger partial charge in [0.2, 0.25) is 11.9 Å². The maximum atomic E-state index is 12.8. The van der Waals surface area contributed by atoms with E-state index in [1.165, 1.54) is 24.3 Å². The average Bonchev–Trinajstić information content (AvgIpc) is 2.47. The molecule has 2 rings (SSSR count). The number of esters is 1. The molecule has 0 aliphatic heterocycles. The number of ether oxygens (including phenoxy) is 1. The molecule has 0 bridgehead atoms. The van der Waals surface area contributed by atoms with Crippen molar-refractivity contribution < 1.29 is 13.9 Å². The van der Waals surface area contributed by atoms with Gasteiger partial charge in [0.05, 0.1) is 6.42 Å². The smallest absolute Gasteiger partial charge is 0.310 e. The number of halogens is 1. The molecule has 2 N–H and O–H groups in total. The van der Waals surface area contributed by atoms with Crippen molar-refractivity contribution in [2.75, 3.05) is 24.7 Å². The van der Waals surface area contributed by atoms with Crippen LogP contribution in [0.5, 0.6) is 0 Å². The number of anilines is 2. The molecule has 22 heavy (non-hydrogen) atoms. The quantitative estimate of drug-likeness (QED) is 0.822. The van der Waals surface area contributed by atoms with Crippen molar-refractivity contribution in [1.29, 1.82) is 0 Å². The van der Waals surface area contributed by atoms with E-state index in [0.29, 0.717) is 11.5 Å². The van der Waals surface area contributed by atoms with Crippen molar-refractivity contribution in [3.8, 4) is 0 Å². The first kappa shape index (κ1) is 15.6. The van der Waals surface area contributed by atoms with Crippen molar-refractivity contribution >= 4 is 17.9 Å². The number of carbonyl (C=O) groups is 1. The second-order valence-electron chi connectivity index (χ2n) is 4.77. The number of carbonyl (C=O) groups excluding carboxylic acids is 1. The average molecular weight is 305 g/mol. The van der Waals surface area contributed by atoms with Crippen LogP contribution in [0.1, 0.15) is 11.4 Å². The minimum atomic E-state index is -0.461. The number of hydrogen-bond acceptors (Lipinski definition) is 7. The molecule has 116 valence electrons. The lowest BCUT2D eigenvalue weighted by atomic mass is 10.1. The minimum absolute atomic E-state index is 0.0430. The van der Waals surface area contributed by atoms with Crippen LogP contribution in [-0.2, 0) is 22.6 Å². The molecule has 1 heterocycles. The topological polar surface area (TPSA) is 94.2 Å². The summed E-state index contributed by atoms with van der Waals surface area (Å²) < 4.78 is 17.9. The minimum Gasteiger partial charge on any atom is -0.457 e. The summed E-state index contributed by atoms with van der Waals surface area (Å²) in [4.78, 5) is 25.4. The van der Waals surface area contributed by atoms with Gasteiger partial charge in [-0.3, -0.25) is 4.79 Å². The van der Waals surface area contributed by atoms with Gasteiger partial charge in [-0.1, -0.05) is 12.1 Å². The molecule has 0 spiro atoms. The Morgan fingerprint density at radius 1 is 1.23 bits per heavy atom. The molecule has 0 fully saturated rings. The molecule has 1 aromatic carbocycles. The third kappa shape index (κ3) is 4.37. The van der Waals surface area contributed by atoms with Gasteiger partial charge in [-0.05, 0) is 17.7 Å². The van der Waals surface area contributed by atoms with Gasteiger partial charge in [-0.25, -0.2) is 4.39 Å². The van der Waals surface area contributed by atoms with Gasteiger partial charge in [0.1, 0.15) is 5.82 Å². The first-order chi connectivity index (χ1) is 10.4. The Morgan fingerprint density at radius 3 is 2.55 bits per heavy atom. The first-order valence-electron chi connectivity index (χ1n) is 6.52. The van der Waals surface area contributed by atoms with E-state index in [-0.39, 0.29) is 30.6 Å². The van der Waals surface area contributed by atoms with Gasteiger partial charge >= 0.3 is 5.97 Å². The number of nitrogens with two attached hydrogens (primary N) is 1. The molecule has 0 aliphatic carbocycles. The monoisotopic (exact) mass is 305 g/mol. The van der Waals surface area contributed by atoms with Gasteiger partial charge < -0.3 is 15.4 Å². The van der Waals surface area contributed by atoms with Crippen LogP contribution in [0.25, 0.3) is 0 Å². The fraction of sp³-hybridized carbons (Fsp3) is 0.286. The summed E-state index contributed by atoms with van der Waals surface area (Å²) in [6.45, 7) is -0.104. The van der Waals surface area contributed by atoms with Crippen LogP contribution in [0.2, 0.25) is 0 Å². The van der Waals surface area contributed by atoms with Gasteiger partial charge in [-0.2, -0.15) is 15.0 Å². The Bertz CT molecular complexity index is 661. The maximum Gasteiger partial charge on any atom is 0.310 e. The number of nitrogen functional groups attached to an aromatic ring is 1. The van der Waals surface area contributed by atoms with Crippen LogP contribution in [-0.4, -0.2) is 35.0 Å². The first-order valence-corrected chi connectivity index (χ1v) is 6.52. The molecule has 2 aromatic rings. The molecular weight excluding hydrogens is 289 g/mol. The molecule has 0 unspecified atom stereocenters. The molecule has 0 amide bonds. The van der Waals surface area contributed by atoms with Crippen molar-refractivity contribution in [2.45, 2.75) is 13.0 Å². The van der Waals surface area contributed by atoms with E-state index in [1.54, 1.807) is 19.0 Å². The molecule has 0 atom stereocenters. The van der Waals surface area contributed by atoms with E-state index < -0.39 is 5.97 Å². The fourth-order valence-electron chi connectivity index (χ4n) is 1.65. The highest BCUT2D eigenvalue weighted by Gasteiger charge is 2.10. The molecular formula is C14H16FN5O2. The third-order valence-electron chi connectivity index (χ3n) is 2.71. The Hall–Kier alpha value is -2.77. The van der Waals surface area contributed by atoms with Crippen LogP contribution in [0.15, 0.2) is 24.3 Å². The summed E-state index contributed by atoms with van der Waals surface area (Å²) in [5.41, 5.74) is 6.24. The van der Waals surface area contributed by atoms with E-state index in [0.717, 1.165) is 0 Å². The zero-order valence-corrected chi connectivity index (χ0v) is 12.3. The van der Waals surface area contributed by atoms with Crippen molar-refractivity contribution in [2.24, 2.45) is 0 Å². The number of aromatic nitrogens is 3. The number of hydrogen-bond donors (Lipinski definition) is 1. The Balaban J connectivity index is 1.94. The van der Waals surface area contributed by atoms with Crippen LogP contribution in [0.4, 0.5) is 16.3 Å². The largest absolute Gasteiger partial charge is 0.457 e. The summed E-state index contributed by atoms with van der Waals surface area (Å²) in [7, 11) is 3.53. The Kier molecular flexibility index (Phi) is 4.82. The van der Waals surface area contributed by atoms with E-state index in [9.17, 15) is 9.18 Å². The Labute approximate surface area is 127 Å². The standard InChI is InChI=1S/C14H16FN5O2/c1-20(2)14-18-11(17-13(16)19-14)8-22-12(21)7-9-3-5-10(15)6-4-9/h3-6H,7-8H2,1-2H3,(H2,16,17,18,19). The summed E-state index contributed by atoms with van der Waals surface area (Å²) in [6.07, 6.45) is 0.0430. The van der Waals surface area contributed by atoms with Crippen molar-refractivity contribution in [1.82, 2.24) is 15.0 Å². The Morgan fingerprint density at radius 2 is 1.91 bits per heavy atom. The van der Waals surface area contributed by atoms with Crippen LogP contribution < -0.4 is 10.6 Å². The van der Waals surface area contributed by atoms with Crippen LogP contribution in [0.3, 0.4) is 0 Å². The highest BCUT2D eigenvalue weighted by Crippen LogP contribution is 2.08. The molecule has 8 heteroatoms. The van der Waals surface area contributed by atoms with Crippen LogP contribution in [0, 0.1) is 5.82 Å². The van der Waals surface area contributed by atoms with Gasteiger partial charge in [0.15, 0.2) is 12.4 Å². The molecule has 0 radical (unpaired) electrons. The fourth-order valence-corrected chi connectivity index (χ4v) is 1.65. The van der Waals surface area contributed by atoms with E-state index >= 15 is 0 Å². The molecule has 0 saturated carbocycles. The normalized spacial score (nSPS) is 10.3. The lowest BCUT2D eigenvalue weighted by Crippen LogP contribution is -2.17. The van der Waals surface area contributed by atoms with E-state index in [1.807, 2.05) is 0 Å². The second kappa shape index (κ2) is 6.79. The lowest BCUT2D eigenvalue weighted by molar-refractivity contribution is -0.144. The SMILES string of the molecule is CN(C)c1nc(N)nc(COC(=O)Cc2ccc(F)cc2)n1. The summed E-state index contributed by atoms with van der Waals surface area (Å²) >= 11 is 0. The molecule has 1 aromatic heterocycles. The predicted molar refractivity (Wildman–Crippen MR) is 78.5 cm³/mol. The van der Waals surface area contributed by atoms with Gasteiger partial charge in [0.25, 0.3) is 0 Å². The maximum absolute atomic E-state index is 12.8. The second-order valence-corrected chi connectivity index (χ2v) is 4.77. The summed E-state index contributed by atoms with van der Waals surface area (Å²) in [5, 5.41) is 0. The zero-order chi connectivity index (χ0) is 16.1. The molecule has 7 nitrogen and oxygen atoms in total. The van der Waals surface area contributed by atoms with Crippen LogP contribution >= 0.6 is 0 Å². The molecule has 0 saturated heterocycles. The highest BCUT2D eigenvalue weighted by molar-refractivity contribution is 5.72. The molecule has 0 aliphatic rings. The summed E-state index contributed by atoms with van der Waals surface area (Å²) in [6, 6.07) is 5.64.